The number of rotatable bonds is 3. The quantitative estimate of drug-likeness (QED) is 0.440. The molecule has 0 aliphatic carbocycles. The number of carbonyl (C=O) groups excluding carboxylic acids is 1. The zero-order valence-corrected chi connectivity index (χ0v) is 23.6. The summed E-state index contributed by atoms with van der Waals surface area (Å²) in [5, 5.41) is -0.229. The molecule has 3 aliphatic heterocycles. The molecule has 2 saturated heterocycles. The third-order valence-electron chi connectivity index (χ3n) is 7.89. The molecule has 0 bridgehead atoms. The highest BCUT2D eigenvalue weighted by Crippen LogP contribution is 2.49. The second-order valence-corrected chi connectivity index (χ2v) is 12.5. The lowest BCUT2D eigenvalue weighted by atomic mass is 9.72. The molecule has 0 N–H and O–H groups in total. The van der Waals surface area contributed by atoms with Crippen LogP contribution >= 0.6 is 11.6 Å². The van der Waals surface area contributed by atoms with Crippen LogP contribution < -0.4 is 10.2 Å². The maximum atomic E-state index is 15.5. The van der Waals surface area contributed by atoms with E-state index < -0.39 is 77.7 Å². The fourth-order valence-electron chi connectivity index (χ4n) is 5.38. The zero-order valence-electron chi connectivity index (χ0n) is 27.8. The Bertz CT molecular complexity index is 1470. The highest BCUT2D eigenvalue weighted by molar-refractivity contribution is 6.66. The van der Waals surface area contributed by atoms with E-state index in [0.29, 0.717) is 24.9 Å². The van der Waals surface area contributed by atoms with Gasteiger partial charge in [-0.3, -0.25) is 0 Å². The number of amides is 1. The summed E-state index contributed by atoms with van der Waals surface area (Å²) in [5.41, 5.74) is -3.59. The minimum Gasteiger partial charge on any atom is -0.480 e. The Labute approximate surface area is 236 Å². The fourth-order valence-corrected chi connectivity index (χ4v) is 5.64. The third kappa shape index (κ3) is 4.48. The van der Waals surface area contributed by atoms with Gasteiger partial charge < -0.3 is 23.7 Å². The van der Waals surface area contributed by atoms with E-state index in [1.54, 1.807) is 20.8 Å². The van der Waals surface area contributed by atoms with Crippen LogP contribution in [-0.2, 0) is 26.1 Å². The van der Waals surface area contributed by atoms with E-state index in [2.05, 4.69) is 0 Å². The van der Waals surface area contributed by atoms with Crippen LogP contribution in [0.3, 0.4) is 0 Å². The zero-order chi connectivity index (χ0) is 32.0. The first kappa shape index (κ1) is 21.5. The van der Waals surface area contributed by atoms with Crippen molar-refractivity contribution in [1.82, 2.24) is 4.90 Å². The van der Waals surface area contributed by atoms with E-state index in [9.17, 15) is 4.79 Å². The molecule has 0 spiro atoms. The Kier molecular flexibility index (Phi) is 5.18. The summed E-state index contributed by atoms with van der Waals surface area (Å²) >= 11 is 6.59. The summed E-state index contributed by atoms with van der Waals surface area (Å²) < 4.78 is 83.0. The molecule has 1 amide bonds. The minimum absolute atomic E-state index is 0.0643. The van der Waals surface area contributed by atoms with Gasteiger partial charge in [0.1, 0.15) is 17.2 Å². The van der Waals surface area contributed by atoms with Gasteiger partial charge in [0.25, 0.3) is 0 Å². The standard InChI is InChI=1S/C29H36BClFNO5/c1-26(2,3)36-25(34)33-15-11-14-22(33)29(18-12-9-8-10-13-18)17-19-21(35-29)16-20(32)24(31)23(19)30-37-27(4,5)28(6,7)38-30/h8-10,12-13,16,22H,11,14-15,17H2,1-7H3/t22-,29-/m0/s1/i8D,9D,10D,12D,13D. The number of ether oxygens (including phenoxy) is 2. The lowest BCUT2D eigenvalue weighted by molar-refractivity contribution is -0.0216. The fraction of sp³-hybridized carbons (Fsp3) is 0.552. The van der Waals surface area contributed by atoms with E-state index in [0.717, 1.165) is 6.07 Å². The molecule has 2 aromatic rings. The molecular weight excluding hydrogens is 508 g/mol. The summed E-state index contributed by atoms with van der Waals surface area (Å²) in [4.78, 5) is 15.0. The maximum absolute atomic E-state index is 15.5. The molecule has 2 aromatic carbocycles. The van der Waals surface area contributed by atoms with Gasteiger partial charge in [-0.25, -0.2) is 9.18 Å². The maximum Gasteiger partial charge on any atom is 0.496 e. The van der Waals surface area contributed by atoms with Gasteiger partial charge in [0.05, 0.1) is 29.1 Å². The van der Waals surface area contributed by atoms with Crippen molar-refractivity contribution >= 4 is 30.3 Å². The molecule has 3 aliphatic rings. The van der Waals surface area contributed by atoms with Crippen LogP contribution in [0.4, 0.5) is 9.18 Å². The Morgan fingerprint density at radius 1 is 1.18 bits per heavy atom. The summed E-state index contributed by atoms with van der Waals surface area (Å²) in [6, 6.07) is -2.31. The van der Waals surface area contributed by atoms with Gasteiger partial charge in [0, 0.05) is 30.1 Å². The van der Waals surface area contributed by atoms with E-state index in [-0.39, 0.29) is 28.2 Å². The first-order valence-corrected chi connectivity index (χ1v) is 13.2. The molecule has 0 radical (unpaired) electrons. The number of nitrogens with zero attached hydrogens (tertiary/aromatic N) is 1. The van der Waals surface area contributed by atoms with Crippen LogP contribution in [0.1, 0.15) is 79.3 Å². The molecule has 9 heteroatoms. The van der Waals surface area contributed by atoms with E-state index >= 15 is 4.39 Å². The van der Waals surface area contributed by atoms with Crippen LogP contribution in [0.15, 0.2) is 36.3 Å². The third-order valence-corrected chi connectivity index (χ3v) is 8.27. The summed E-state index contributed by atoms with van der Waals surface area (Å²) in [7, 11) is -1.08. The van der Waals surface area contributed by atoms with Gasteiger partial charge in [0.2, 0.25) is 0 Å². The van der Waals surface area contributed by atoms with E-state index in [4.69, 9.17) is 37.2 Å². The van der Waals surface area contributed by atoms with Crippen LogP contribution in [0.25, 0.3) is 0 Å². The molecule has 0 aromatic heterocycles. The van der Waals surface area contributed by atoms with Crippen molar-refractivity contribution in [2.45, 2.75) is 96.2 Å². The average molecular weight is 549 g/mol. The summed E-state index contributed by atoms with van der Waals surface area (Å²) in [6.45, 7) is 12.9. The van der Waals surface area contributed by atoms with E-state index in [1.165, 1.54) is 4.90 Å². The average Bonchev–Trinajstić information content (AvgIpc) is 3.56. The molecule has 2 fully saturated rings. The van der Waals surface area contributed by atoms with Crippen molar-refractivity contribution < 1.29 is 34.8 Å². The first-order valence-electron chi connectivity index (χ1n) is 15.3. The second kappa shape index (κ2) is 9.14. The molecule has 38 heavy (non-hydrogen) atoms. The van der Waals surface area contributed by atoms with Gasteiger partial charge >= 0.3 is 13.2 Å². The number of hydrogen-bond donors (Lipinski definition) is 0. The van der Waals surface area contributed by atoms with Crippen molar-refractivity contribution in [3.8, 4) is 5.75 Å². The molecule has 2 atom stereocenters. The van der Waals surface area contributed by atoms with Crippen LogP contribution in [-0.4, -0.2) is 47.5 Å². The largest absolute Gasteiger partial charge is 0.496 e. The smallest absolute Gasteiger partial charge is 0.480 e. The molecule has 5 rings (SSSR count). The predicted molar refractivity (Wildman–Crippen MR) is 146 cm³/mol. The number of benzene rings is 2. The lowest BCUT2D eigenvalue weighted by Crippen LogP contribution is -2.53. The van der Waals surface area contributed by atoms with Gasteiger partial charge in [-0.05, 0) is 66.9 Å². The van der Waals surface area contributed by atoms with Crippen LogP contribution in [0.5, 0.6) is 5.75 Å². The molecule has 204 valence electrons. The Balaban J connectivity index is 1.74. The van der Waals surface area contributed by atoms with Crippen molar-refractivity contribution in [3.05, 3.63) is 58.2 Å². The van der Waals surface area contributed by atoms with Crippen molar-refractivity contribution in [1.29, 1.82) is 0 Å². The first-order chi connectivity index (χ1) is 19.7. The van der Waals surface area contributed by atoms with Crippen LogP contribution in [0, 0.1) is 5.82 Å². The molecular formula is C29H36BClFNO5. The van der Waals surface area contributed by atoms with Gasteiger partial charge in [-0.2, -0.15) is 0 Å². The lowest BCUT2D eigenvalue weighted by Gasteiger charge is -2.40. The Morgan fingerprint density at radius 2 is 1.82 bits per heavy atom. The van der Waals surface area contributed by atoms with Crippen LogP contribution in [0.2, 0.25) is 5.02 Å². The summed E-state index contributed by atoms with van der Waals surface area (Å²) in [5.74, 6) is -0.730. The Hall–Kier alpha value is -2.29. The van der Waals surface area contributed by atoms with Gasteiger partial charge in [-0.1, -0.05) is 41.8 Å². The summed E-state index contributed by atoms with van der Waals surface area (Å²) in [6.07, 6.45) is 0.192. The Morgan fingerprint density at radius 3 is 2.42 bits per heavy atom. The number of carbonyl (C=O) groups is 1. The highest BCUT2D eigenvalue weighted by atomic mass is 35.5. The van der Waals surface area contributed by atoms with Gasteiger partial charge in [0.15, 0.2) is 5.60 Å². The number of likely N-dealkylation sites (tertiary alicyclic amines) is 1. The molecule has 3 heterocycles. The van der Waals surface area contributed by atoms with Crippen molar-refractivity contribution in [3.63, 3.8) is 0 Å². The topological polar surface area (TPSA) is 57.2 Å². The number of hydrogen-bond acceptors (Lipinski definition) is 5. The monoisotopic (exact) mass is 548 g/mol. The second-order valence-electron chi connectivity index (χ2n) is 12.2. The SMILES string of the molecule is [2H]c1c([2H])c([2H])c([C@]2([C@@H]3CCCN3C(=O)OC(C)(C)C)Cc3c(cc(F)c(Cl)c3B3OC(C)(C)C(C)(C)O3)O2)c([2H])c1[2H]. The highest BCUT2D eigenvalue weighted by Gasteiger charge is 2.57. The van der Waals surface area contributed by atoms with Crippen molar-refractivity contribution in [2.75, 3.05) is 6.54 Å². The normalized spacial score (nSPS) is 27.7. The van der Waals surface area contributed by atoms with Gasteiger partial charge in [-0.15, -0.1) is 0 Å². The van der Waals surface area contributed by atoms with E-state index in [1.807, 2.05) is 27.7 Å². The molecule has 0 saturated carbocycles. The predicted octanol–water partition coefficient (Wildman–Crippen LogP) is 6.01. The molecule has 6 nitrogen and oxygen atoms in total. The number of fused-ring (bicyclic) bond motifs is 1. The number of halogens is 2. The molecule has 0 unspecified atom stereocenters. The minimum atomic E-state index is -1.71. The van der Waals surface area contributed by atoms with Crippen molar-refractivity contribution in [2.24, 2.45) is 0 Å².